The summed E-state index contributed by atoms with van der Waals surface area (Å²) in [6.07, 6.45) is 2.11. The van der Waals surface area contributed by atoms with Gasteiger partial charge in [-0.2, -0.15) is 5.10 Å². The highest BCUT2D eigenvalue weighted by atomic mass is 16.2. The second-order valence-corrected chi connectivity index (χ2v) is 7.36. The molecule has 1 heterocycles. The van der Waals surface area contributed by atoms with Crippen LogP contribution in [0.5, 0.6) is 0 Å². The molecule has 7 heteroatoms. The van der Waals surface area contributed by atoms with Crippen molar-refractivity contribution in [1.29, 1.82) is 0 Å². The van der Waals surface area contributed by atoms with E-state index in [1.807, 2.05) is 49.7 Å². The Hall–Kier alpha value is -2.67. The largest absolute Gasteiger partial charge is 0.352 e. The second kappa shape index (κ2) is 7.92. The van der Waals surface area contributed by atoms with Gasteiger partial charge in [0.1, 0.15) is 0 Å². The first-order valence-electron chi connectivity index (χ1n) is 9.24. The number of amides is 2. The Balaban J connectivity index is 1.61. The molecule has 1 aromatic carbocycles. The Kier molecular flexibility index (Phi) is 5.60. The van der Waals surface area contributed by atoms with Crippen LogP contribution in [0.2, 0.25) is 0 Å². The lowest BCUT2D eigenvalue weighted by molar-refractivity contribution is -0.123. The predicted octanol–water partition coefficient (Wildman–Crippen LogP) is 1.95. The van der Waals surface area contributed by atoms with Gasteiger partial charge < -0.3 is 10.6 Å². The average molecular weight is 369 g/mol. The van der Waals surface area contributed by atoms with E-state index in [1.165, 1.54) is 5.56 Å². The highest BCUT2D eigenvalue weighted by Crippen LogP contribution is 2.23. The van der Waals surface area contributed by atoms with Crippen molar-refractivity contribution in [3.63, 3.8) is 0 Å². The molecule has 2 N–H and O–H groups in total. The fourth-order valence-corrected chi connectivity index (χ4v) is 2.99. The van der Waals surface area contributed by atoms with E-state index in [1.54, 1.807) is 11.9 Å². The number of aromatic nitrogens is 2. The lowest BCUT2D eigenvalue weighted by atomic mass is 10.2. The van der Waals surface area contributed by atoms with Crippen molar-refractivity contribution < 1.29 is 9.59 Å². The number of benzene rings is 1. The van der Waals surface area contributed by atoms with Crippen molar-refractivity contribution in [1.82, 2.24) is 20.0 Å². The Morgan fingerprint density at radius 2 is 1.74 bits per heavy atom. The Bertz CT molecular complexity index is 837. The smallest absolute Gasteiger partial charge is 0.238 e. The molecule has 1 saturated carbocycles. The third-order valence-electron chi connectivity index (χ3n) is 4.60. The van der Waals surface area contributed by atoms with E-state index >= 15 is 0 Å². The van der Waals surface area contributed by atoms with Gasteiger partial charge in [-0.1, -0.05) is 17.7 Å². The molecule has 27 heavy (non-hydrogen) atoms. The van der Waals surface area contributed by atoms with Crippen LogP contribution in [0.15, 0.2) is 24.3 Å². The van der Waals surface area contributed by atoms with E-state index in [0.717, 1.165) is 35.6 Å². The number of nitrogens with zero attached hydrogens (tertiary/aromatic N) is 3. The zero-order valence-corrected chi connectivity index (χ0v) is 16.4. The third kappa shape index (κ3) is 4.95. The maximum absolute atomic E-state index is 12.4. The van der Waals surface area contributed by atoms with Gasteiger partial charge in [0, 0.05) is 6.04 Å². The Morgan fingerprint density at radius 1 is 1.11 bits per heavy atom. The molecule has 144 valence electrons. The summed E-state index contributed by atoms with van der Waals surface area (Å²) in [7, 11) is 1.77. The van der Waals surface area contributed by atoms with E-state index < -0.39 is 0 Å². The van der Waals surface area contributed by atoms with Gasteiger partial charge in [0.25, 0.3) is 0 Å². The summed E-state index contributed by atoms with van der Waals surface area (Å²) in [5.41, 5.74) is 4.49. The van der Waals surface area contributed by atoms with Gasteiger partial charge >= 0.3 is 0 Å². The molecule has 1 aromatic heterocycles. The summed E-state index contributed by atoms with van der Waals surface area (Å²) in [4.78, 5) is 26.0. The minimum atomic E-state index is -0.161. The summed E-state index contributed by atoms with van der Waals surface area (Å²) >= 11 is 0. The zero-order valence-electron chi connectivity index (χ0n) is 16.4. The summed E-state index contributed by atoms with van der Waals surface area (Å²) < 4.78 is 1.83. The van der Waals surface area contributed by atoms with Crippen LogP contribution < -0.4 is 10.6 Å². The van der Waals surface area contributed by atoms with Gasteiger partial charge in [0.05, 0.1) is 35.9 Å². The minimum absolute atomic E-state index is 0.0349. The monoisotopic (exact) mass is 369 g/mol. The molecule has 2 amide bonds. The van der Waals surface area contributed by atoms with Crippen molar-refractivity contribution >= 4 is 17.5 Å². The lowest BCUT2D eigenvalue weighted by Gasteiger charge is -2.16. The molecule has 3 rings (SSSR count). The number of nitrogens with one attached hydrogen (secondary N) is 2. The van der Waals surface area contributed by atoms with Crippen LogP contribution in [0.25, 0.3) is 5.69 Å². The van der Waals surface area contributed by atoms with Gasteiger partial charge in [0.15, 0.2) is 0 Å². The Morgan fingerprint density at radius 3 is 2.37 bits per heavy atom. The van der Waals surface area contributed by atoms with E-state index in [2.05, 4.69) is 15.7 Å². The minimum Gasteiger partial charge on any atom is -0.352 e. The molecule has 2 aromatic rings. The molecular weight excluding hydrogens is 342 g/mol. The van der Waals surface area contributed by atoms with Crippen LogP contribution in [0.3, 0.4) is 0 Å². The molecule has 0 saturated heterocycles. The maximum Gasteiger partial charge on any atom is 0.238 e. The van der Waals surface area contributed by atoms with E-state index in [9.17, 15) is 9.59 Å². The average Bonchev–Trinajstić information content (AvgIpc) is 3.36. The van der Waals surface area contributed by atoms with Crippen molar-refractivity contribution in [3.8, 4) is 5.69 Å². The Labute approximate surface area is 159 Å². The molecule has 0 radical (unpaired) electrons. The van der Waals surface area contributed by atoms with Crippen LogP contribution in [-0.2, 0) is 9.59 Å². The molecule has 7 nitrogen and oxygen atoms in total. The van der Waals surface area contributed by atoms with Gasteiger partial charge in [-0.15, -0.1) is 0 Å². The topological polar surface area (TPSA) is 79.3 Å². The van der Waals surface area contributed by atoms with E-state index in [-0.39, 0.29) is 24.9 Å². The molecule has 0 spiro atoms. The molecule has 1 fully saturated rings. The van der Waals surface area contributed by atoms with Crippen molar-refractivity contribution in [3.05, 3.63) is 41.2 Å². The SMILES string of the molecule is Cc1ccc(-n2nc(C)c(NC(=O)CN(C)CC(=O)NC3CC3)c2C)cc1. The first-order chi connectivity index (χ1) is 12.8. The zero-order chi connectivity index (χ0) is 19.6. The standard InChI is InChI=1S/C20H27N5O2/c1-13-5-9-17(10-6-13)25-15(3)20(14(2)23-25)22-19(27)12-24(4)11-18(26)21-16-7-8-16/h5-6,9-10,16H,7-8,11-12H2,1-4H3,(H,21,26)(H,22,27). The van der Waals surface area contributed by atoms with Gasteiger partial charge in [-0.3, -0.25) is 14.5 Å². The summed E-state index contributed by atoms with van der Waals surface area (Å²) in [6.45, 7) is 6.21. The molecule has 1 aliphatic rings. The van der Waals surface area contributed by atoms with Gasteiger partial charge in [-0.05, 0) is 52.8 Å². The van der Waals surface area contributed by atoms with Crippen LogP contribution >= 0.6 is 0 Å². The maximum atomic E-state index is 12.4. The van der Waals surface area contributed by atoms with E-state index in [4.69, 9.17) is 0 Å². The second-order valence-electron chi connectivity index (χ2n) is 7.36. The molecular formula is C20H27N5O2. The fraction of sp³-hybridized carbons (Fsp3) is 0.450. The summed E-state index contributed by atoms with van der Waals surface area (Å²) in [5, 5.41) is 10.4. The van der Waals surface area contributed by atoms with Crippen LogP contribution in [0.1, 0.15) is 29.8 Å². The number of likely N-dealkylation sites (N-methyl/N-ethyl adjacent to an activating group) is 1. The third-order valence-corrected chi connectivity index (χ3v) is 4.60. The number of hydrogen-bond donors (Lipinski definition) is 2. The molecule has 0 atom stereocenters. The van der Waals surface area contributed by atoms with E-state index in [0.29, 0.717) is 6.04 Å². The number of carbonyl (C=O) groups excluding carboxylic acids is 2. The van der Waals surface area contributed by atoms with Gasteiger partial charge in [0.2, 0.25) is 11.8 Å². The lowest BCUT2D eigenvalue weighted by Crippen LogP contribution is -2.39. The van der Waals surface area contributed by atoms with Crippen LogP contribution in [-0.4, -0.2) is 52.7 Å². The number of aryl methyl sites for hydroxylation is 2. The molecule has 0 aliphatic heterocycles. The van der Waals surface area contributed by atoms with Crippen molar-refractivity contribution in [2.45, 2.75) is 39.7 Å². The predicted molar refractivity (Wildman–Crippen MR) is 105 cm³/mol. The first kappa shape index (κ1) is 19.1. The highest BCUT2D eigenvalue weighted by Gasteiger charge is 2.24. The molecule has 0 unspecified atom stereocenters. The fourth-order valence-electron chi connectivity index (χ4n) is 2.99. The summed E-state index contributed by atoms with van der Waals surface area (Å²) in [6, 6.07) is 8.41. The van der Waals surface area contributed by atoms with Crippen molar-refractivity contribution in [2.75, 3.05) is 25.5 Å². The number of anilines is 1. The normalized spacial score (nSPS) is 13.7. The highest BCUT2D eigenvalue weighted by molar-refractivity contribution is 5.93. The quantitative estimate of drug-likeness (QED) is 0.782. The first-order valence-corrected chi connectivity index (χ1v) is 9.24. The number of carbonyl (C=O) groups is 2. The van der Waals surface area contributed by atoms with Crippen molar-refractivity contribution in [2.24, 2.45) is 0 Å². The molecule has 1 aliphatic carbocycles. The molecule has 0 bridgehead atoms. The van der Waals surface area contributed by atoms with Gasteiger partial charge in [-0.25, -0.2) is 4.68 Å². The van der Waals surface area contributed by atoms with Crippen LogP contribution in [0.4, 0.5) is 5.69 Å². The summed E-state index contributed by atoms with van der Waals surface area (Å²) in [5.74, 6) is -0.196. The number of hydrogen-bond acceptors (Lipinski definition) is 4. The van der Waals surface area contributed by atoms with Crippen LogP contribution in [0, 0.1) is 20.8 Å². The number of rotatable bonds is 7.